The van der Waals surface area contributed by atoms with Gasteiger partial charge in [0, 0.05) is 5.56 Å². The summed E-state index contributed by atoms with van der Waals surface area (Å²) in [5.41, 5.74) is 2.07. The molecule has 1 saturated heterocycles. The molecule has 2 aromatic carbocycles. The van der Waals surface area contributed by atoms with Crippen molar-refractivity contribution >= 4 is 10.0 Å². The molecule has 8 heteroatoms. The molecular weight excluding hydrogens is 392 g/mol. The van der Waals surface area contributed by atoms with E-state index < -0.39 is 10.0 Å². The maximum Gasteiger partial charge on any atom is 0.243 e. The molecule has 156 valence electrons. The zero-order valence-corrected chi connectivity index (χ0v) is 17.6. The number of nitrogens with one attached hydrogen (secondary N) is 1. The van der Waals surface area contributed by atoms with E-state index >= 15 is 0 Å². The van der Waals surface area contributed by atoms with Gasteiger partial charge in [0.15, 0.2) is 11.5 Å². The molecule has 0 aliphatic carbocycles. The lowest BCUT2D eigenvalue weighted by molar-refractivity contribution is -0.917. The van der Waals surface area contributed by atoms with Gasteiger partial charge in [0.2, 0.25) is 16.8 Å². The van der Waals surface area contributed by atoms with Crippen molar-refractivity contribution in [3.05, 3.63) is 47.5 Å². The largest absolute Gasteiger partial charge is 0.496 e. The summed E-state index contributed by atoms with van der Waals surface area (Å²) in [7, 11) is -1.89. The second kappa shape index (κ2) is 8.22. The number of rotatable bonds is 6. The Bertz CT molecular complexity index is 985. The molecule has 0 saturated carbocycles. The lowest BCUT2D eigenvalue weighted by Gasteiger charge is -2.31. The molecule has 0 atom stereocenters. The minimum atomic E-state index is -3.50. The van der Waals surface area contributed by atoms with Gasteiger partial charge in [-0.15, -0.1) is 0 Å². The van der Waals surface area contributed by atoms with E-state index in [1.165, 1.54) is 10.5 Å². The van der Waals surface area contributed by atoms with Crippen molar-refractivity contribution in [1.82, 2.24) is 4.31 Å². The van der Waals surface area contributed by atoms with Crippen LogP contribution in [-0.4, -0.2) is 52.8 Å². The van der Waals surface area contributed by atoms with E-state index in [0.29, 0.717) is 18.0 Å². The monoisotopic (exact) mass is 419 g/mol. The molecule has 1 N–H and O–H groups in total. The van der Waals surface area contributed by atoms with E-state index in [1.54, 1.807) is 29.6 Å². The highest BCUT2D eigenvalue weighted by molar-refractivity contribution is 7.89. The topological polar surface area (TPSA) is 69.5 Å². The first kappa shape index (κ1) is 20.0. The third-order valence-corrected chi connectivity index (χ3v) is 7.49. The smallest absolute Gasteiger partial charge is 0.243 e. The van der Waals surface area contributed by atoms with Crippen molar-refractivity contribution in [3.8, 4) is 17.2 Å². The average molecular weight is 420 g/mol. The number of benzene rings is 2. The molecule has 7 nitrogen and oxygen atoms in total. The first-order chi connectivity index (χ1) is 14.0. The minimum absolute atomic E-state index is 0.271. The summed E-state index contributed by atoms with van der Waals surface area (Å²) >= 11 is 0. The van der Waals surface area contributed by atoms with E-state index in [1.807, 2.05) is 25.1 Å². The minimum Gasteiger partial charge on any atom is -0.496 e. The number of aryl methyl sites for hydroxylation is 1. The summed E-state index contributed by atoms with van der Waals surface area (Å²) in [5, 5.41) is 0. The van der Waals surface area contributed by atoms with Crippen molar-refractivity contribution in [2.24, 2.45) is 0 Å². The SMILES string of the molecule is CCc1cc(S(=O)(=O)N2CC[NH+](Cc3ccc4c(c3)OCO4)CC2)ccc1OC. The normalized spacial score (nSPS) is 17.4. The lowest BCUT2D eigenvalue weighted by Crippen LogP contribution is -3.13. The van der Waals surface area contributed by atoms with Crippen LogP contribution in [0.25, 0.3) is 0 Å². The zero-order chi connectivity index (χ0) is 20.4. The highest BCUT2D eigenvalue weighted by Gasteiger charge is 2.31. The summed E-state index contributed by atoms with van der Waals surface area (Å²) < 4.78 is 43.9. The third-order valence-electron chi connectivity index (χ3n) is 5.59. The predicted octanol–water partition coefficient (Wildman–Crippen LogP) is 1.08. The van der Waals surface area contributed by atoms with Gasteiger partial charge < -0.3 is 19.1 Å². The molecule has 0 amide bonds. The van der Waals surface area contributed by atoms with Crippen molar-refractivity contribution < 1.29 is 27.5 Å². The van der Waals surface area contributed by atoms with Crippen LogP contribution in [0.3, 0.4) is 0 Å². The Labute approximate surface area is 171 Å². The van der Waals surface area contributed by atoms with Crippen molar-refractivity contribution in [2.45, 2.75) is 24.8 Å². The van der Waals surface area contributed by atoms with Gasteiger partial charge in [-0.1, -0.05) is 6.92 Å². The highest BCUT2D eigenvalue weighted by Crippen LogP contribution is 2.32. The van der Waals surface area contributed by atoms with Crippen LogP contribution in [0.2, 0.25) is 0 Å². The third kappa shape index (κ3) is 4.05. The Morgan fingerprint density at radius 1 is 1.07 bits per heavy atom. The Hall–Kier alpha value is -2.29. The van der Waals surface area contributed by atoms with E-state index in [2.05, 4.69) is 0 Å². The summed E-state index contributed by atoms with van der Waals surface area (Å²) in [4.78, 5) is 1.70. The van der Waals surface area contributed by atoms with Crippen LogP contribution in [0, 0.1) is 0 Å². The van der Waals surface area contributed by atoms with Crippen LogP contribution in [0.5, 0.6) is 17.2 Å². The molecule has 0 bridgehead atoms. The van der Waals surface area contributed by atoms with Crippen molar-refractivity contribution in [2.75, 3.05) is 40.1 Å². The summed E-state index contributed by atoms with van der Waals surface area (Å²) in [6.07, 6.45) is 0.722. The zero-order valence-electron chi connectivity index (χ0n) is 16.8. The Morgan fingerprint density at radius 3 is 2.55 bits per heavy atom. The number of sulfonamides is 1. The fourth-order valence-corrected chi connectivity index (χ4v) is 5.39. The van der Waals surface area contributed by atoms with Crippen LogP contribution in [0.15, 0.2) is 41.3 Å². The maximum absolute atomic E-state index is 13.1. The number of ether oxygens (including phenoxy) is 3. The summed E-state index contributed by atoms with van der Waals surface area (Å²) in [6, 6.07) is 11.1. The molecular formula is C21H27N2O5S+. The molecule has 2 aromatic rings. The van der Waals surface area contributed by atoms with E-state index in [4.69, 9.17) is 14.2 Å². The number of fused-ring (bicyclic) bond motifs is 1. The summed E-state index contributed by atoms with van der Waals surface area (Å²) in [6.45, 7) is 5.66. The van der Waals surface area contributed by atoms with Crippen LogP contribution in [0.4, 0.5) is 0 Å². The van der Waals surface area contributed by atoms with Gasteiger partial charge in [-0.05, 0) is 48.4 Å². The molecule has 0 spiro atoms. The molecule has 0 radical (unpaired) electrons. The first-order valence-electron chi connectivity index (χ1n) is 9.90. The van der Waals surface area contributed by atoms with Crippen LogP contribution >= 0.6 is 0 Å². The Kier molecular flexibility index (Phi) is 5.67. The molecule has 0 aromatic heterocycles. The lowest BCUT2D eigenvalue weighted by atomic mass is 10.1. The van der Waals surface area contributed by atoms with Gasteiger partial charge in [0.25, 0.3) is 0 Å². The standard InChI is InChI=1S/C21H26N2O5S/c1-3-17-13-18(5-7-19(17)26-2)29(24,25)23-10-8-22(9-11-23)14-16-4-6-20-21(12-16)28-15-27-20/h4-7,12-13H,3,8-11,14-15H2,1-2H3/p+1. The number of piperazine rings is 1. The molecule has 2 heterocycles. The van der Waals surface area contributed by atoms with Crippen molar-refractivity contribution in [1.29, 1.82) is 0 Å². The Balaban J connectivity index is 1.41. The van der Waals surface area contributed by atoms with E-state index in [9.17, 15) is 8.42 Å². The summed E-state index contributed by atoms with van der Waals surface area (Å²) in [5.74, 6) is 2.30. The number of nitrogens with zero attached hydrogens (tertiary/aromatic N) is 1. The van der Waals surface area contributed by atoms with Gasteiger partial charge in [0.05, 0.1) is 38.2 Å². The number of quaternary nitrogens is 1. The van der Waals surface area contributed by atoms with Crippen LogP contribution < -0.4 is 19.1 Å². The number of methoxy groups -OCH3 is 1. The molecule has 0 unspecified atom stereocenters. The van der Waals surface area contributed by atoms with Gasteiger partial charge >= 0.3 is 0 Å². The molecule has 1 fully saturated rings. The molecule has 29 heavy (non-hydrogen) atoms. The Morgan fingerprint density at radius 2 is 1.83 bits per heavy atom. The number of hydrogen-bond acceptors (Lipinski definition) is 5. The van der Waals surface area contributed by atoms with Gasteiger partial charge in [-0.3, -0.25) is 0 Å². The highest BCUT2D eigenvalue weighted by atomic mass is 32.2. The van der Waals surface area contributed by atoms with Crippen LogP contribution in [0.1, 0.15) is 18.1 Å². The number of hydrogen-bond donors (Lipinski definition) is 1. The quantitative estimate of drug-likeness (QED) is 0.759. The van der Waals surface area contributed by atoms with E-state index in [-0.39, 0.29) is 6.79 Å². The van der Waals surface area contributed by atoms with Crippen LogP contribution in [-0.2, 0) is 23.0 Å². The molecule has 2 aliphatic rings. The average Bonchev–Trinajstić information content (AvgIpc) is 3.21. The fourth-order valence-electron chi connectivity index (χ4n) is 3.90. The maximum atomic E-state index is 13.1. The fraction of sp³-hybridized carbons (Fsp3) is 0.429. The second-order valence-electron chi connectivity index (χ2n) is 7.35. The molecule has 2 aliphatic heterocycles. The first-order valence-corrected chi connectivity index (χ1v) is 11.3. The van der Waals surface area contributed by atoms with Gasteiger partial charge in [0.1, 0.15) is 12.3 Å². The van der Waals surface area contributed by atoms with Gasteiger partial charge in [-0.2, -0.15) is 4.31 Å². The van der Waals surface area contributed by atoms with Gasteiger partial charge in [-0.25, -0.2) is 8.42 Å². The predicted molar refractivity (Wildman–Crippen MR) is 108 cm³/mol. The van der Waals surface area contributed by atoms with Crippen molar-refractivity contribution in [3.63, 3.8) is 0 Å². The molecule has 4 rings (SSSR count). The second-order valence-corrected chi connectivity index (χ2v) is 9.28. The van der Waals surface area contributed by atoms with E-state index in [0.717, 1.165) is 48.9 Å².